The van der Waals surface area contributed by atoms with Crippen LogP contribution < -0.4 is 5.32 Å². The predicted molar refractivity (Wildman–Crippen MR) is 99.2 cm³/mol. The van der Waals surface area contributed by atoms with Gasteiger partial charge in [-0.2, -0.15) is 0 Å². The molecule has 1 N–H and O–H groups in total. The van der Waals surface area contributed by atoms with Gasteiger partial charge in [0.05, 0.1) is 0 Å². The van der Waals surface area contributed by atoms with Crippen LogP contribution in [0, 0.1) is 0 Å². The van der Waals surface area contributed by atoms with Crippen LogP contribution in [0.4, 0.5) is 4.79 Å². The average molecular weight is 342 g/mol. The molecule has 4 nitrogen and oxygen atoms in total. The molecule has 3 aromatic rings. The van der Waals surface area contributed by atoms with E-state index in [9.17, 15) is 9.59 Å². The summed E-state index contributed by atoms with van der Waals surface area (Å²) in [5.74, 6) is -0.323. The molecule has 0 unspecified atom stereocenters. The molecule has 1 heterocycles. The molecule has 0 saturated carbocycles. The summed E-state index contributed by atoms with van der Waals surface area (Å²) in [6.07, 6.45) is 0. The number of nitrogens with one attached hydrogen (secondary N) is 1. The van der Waals surface area contributed by atoms with E-state index in [1.165, 1.54) is 0 Å². The van der Waals surface area contributed by atoms with E-state index in [2.05, 4.69) is 5.32 Å². The molecule has 0 atom stereocenters. The van der Waals surface area contributed by atoms with Crippen LogP contribution in [0.25, 0.3) is 0 Å². The summed E-state index contributed by atoms with van der Waals surface area (Å²) in [4.78, 5) is 27.5. The maximum absolute atomic E-state index is 13.1. The first-order valence-electron chi connectivity index (χ1n) is 8.51. The summed E-state index contributed by atoms with van der Waals surface area (Å²) in [5, 5.41) is 2.52. The maximum atomic E-state index is 13.1. The van der Waals surface area contributed by atoms with Crippen LogP contribution in [0.15, 0.2) is 91.0 Å². The van der Waals surface area contributed by atoms with Gasteiger partial charge in [-0.05, 0) is 16.7 Å². The second kappa shape index (κ2) is 6.48. The lowest BCUT2D eigenvalue weighted by molar-refractivity contribution is -0.125. The molecule has 1 aliphatic rings. The largest absolute Gasteiger partial charge is 0.325 e. The maximum Gasteiger partial charge on any atom is 0.325 e. The molecule has 3 aromatic carbocycles. The van der Waals surface area contributed by atoms with Crippen LogP contribution in [-0.2, 0) is 16.9 Å². The molecule has 4 rings (SSSR count). The number of imide groups is 1. The Balaban J connectivity index is 1.92. The van der Waals surface area contributed by atoms with Crippen molar-refractivity contribution in [3.8, 4) is 0 Å². The summed E-state index contributed by atoms with van der Waals surface area (Å²) in [6, 6.07) is 28.2. The van der Waals surface area contributed by atoms with Gasteiger partial charge < -0.3 is 0 Å². The monoisotopic (exact) mass is 342 g/mol. The van der Waals surface area contributed by atoms with Crippen molar-refractivity contribution in [1.29, 1.82) is 0 Å². The number of rotatable bonds is 4. The molecule has 0 aromatic heterocycles. The number of nitrogens with zero attached hydrogens (tertiary/aromatic N) is 1. The standard InChI is InChI=1S/C22H18N2O2/c25-20-22(18-12-6-2-7-13-18,19-14-8-3-9-15-19)24(21(26)23-20)16-17-10-4-1-5-11-17/h1-15H,16H2,(H,23,25,26). The van der Waals surface area contributed by atoms with Crippen LogP contribution in [0.1, 0.15) is 16.7 Å². The third kappa shape index (κ3) is 2.47. The van der Waals surface area contributed by atoms with E-state index in [0.717, 1.165) is 16.7 Å². The lowest BCUT2D eigenvalue weighted by Gasteiger charge is -2.36. The van der Waals surface area contributed by atoms with Crippen LogP contribution in [0.5, 0.6) is 0 Å². The highest BCUT2D eigenvalue weighted by Gasteiger charge is 2.55. The SMILES string of the molecule is O=C1NC(=O)C(c2ccccc2)(c2ccccc2)N1Cc1ccccc1. The van der Waals surface area contributed by atoms with E-state index < -0.39 is 5.54 Å². The van der Waals surface area contributed by atoms with Crippen molar-refractivity contribution < 1.29 is 9.59 Å². The summed E-state index contributed by atoms with van der Waals surface area (Å²) in [6.45, 7) is 0.336. The minimum atomic E-state index is -1.19. The zero-order valence-corrected chi connectivity index (χ0v) is 14.1. The van der Waals surface area contributed by atoms with Crippen molar-refractivity contribution in [2.24, 2.45) is 0 Å². The fourth-order valence-corrected chi connectivity index (χ4v) is 3.59. The Morgan fingerprint density at radius 3 is 1.65 bits per heavy atom. The van der Waals surface area contributed by atoms with Crippen molar-refractivity contribution in [2.75, 3.05) is 0 Å². The molecule has 26 heavy (non-hydrogen) atoms. The highest BCUT2D eigenvalue weighted by atomic mass is 16.2. The Morgan fingerprint density at radius 2 is 1.15 bits per heavy atom. The minimum Gasteiger partial charge on any atom is -0.297 e. The normalized spacial score (nSPS) is 15.8. The third-order valence-corrected chi connectivity index (χ3v) is 4.77. The summed E-state index contributed by atoms with van der Waals surface area (Å²) < 4.78 is 0. The van der Waals surface area contributed by atoms with E-state index in [-0.39, 0.29) is 11.9 Å². The molecule has 0 radical (unpaired) electrons. The van der Waals surface area contributed by atoms with Gasteiger partial charge in [-0.1, -0.05) is 91.0 Å². The molecule has 1 saturated heterocycles. The Morgan fingerprint density at radius 1 is 0.692 bits per heavy atom. The van der Waals surface area contributed by atoms with Gasteiger partial charge >= 0.3 is 6.03 Å². The third-order valence-electron chi connectivity index (χ3n) is 4.77. The molecule has 128 valence electrons. The molecule has 1 aliphatic heterocycles. The Labute approximate surface area is 152 Å². The van der Waals surface area contributed by atoms with E-state index in [1.807, 2.05) is 91.0 Å². The molecule has 0 spiro atoms. The summed E-state index contributed by atoms with van der Waals surface area (Å²) in [5.41, 5.74) is 1.32. The fraction of sp³-hybridized carbons (Fsp3) is 0.0909. The van der Waals surface area contributed by atoms with Gasteiger partial charge in [0.2, 0.25) is 0 Å². The highest BCUT2D eigenvalue weighted by molar-refractivity contribution is 6.09. The first kappa shape index (κ1) is 16.1. The minimum absolute atomic E-state index is 0.323. The van der Waals surface area contributed by atoms with Gasteiger partial charge in [0, 0.05) is 6.54 Å². The fourth-order valence-electron chi connectivity index (χ4n) is 3.59. The number of hydrogen-bond donors (Lipinski definition) is 1. The number of hydrogen-bond acceptors (Lipinski definition) is 2. The molecule has 1 fully saturated rings. The number of urea groups is 1. The van der Waals surface area contributed by atoms with Crippen LogP contribution in [0.2, 0.25) is 0 Å². The first-order valence-corrected chi connectivity index (χ1v) is 8.51. The number of carbonyl (C=O) groups is 2. The zero-order chi connectivity index (χ0) is 18.0. The number of benzene rings is 3. The highest BCUT2D eigenvalue weighted by Crippen LogP contribution is 2.40. The van der Waals surface area contributed by atoms with Crippen molar-refractivity contribution in [3.63, 3.8) is 0 Å². The van der Waals surface area contributed by atoms with E-state index in [4.69, 9.17) is 0 Å². The van der Waals surface area contributed by atoms with Crippen LogP contribution >= 0.6 is 0 Å². The second-order valence-corrected chi connectivity index (χ2v) is 6.27. The van der Waals surface area contributed by atoms with E-state index >= 15 is 0 Å². The summed E-state index contributed by atoms with van der Waals surface area (Å²) in [7, 11) is 0. The van der Waals surface area contributed by atoms with Crippen molar-refractivity contribution in [2.45, 2.75) is 12.1 Å². The lowest BCUT2D eigenvalue weighted by atomic mass is 9.81. The van der Waals surface area contributed by atoms with Crippen molar-refractivity contribution in [1.82, 2.24) is 10.2 Å². The molecular weight excluding hydrogens is 324 g/mol. The molecule has 3 amide bonds. The van der Waals surface area contributed by atoms with E-state index in [0.29, 0.717) is 6.54 Å². The van der Waals surface area contributed by atoms with Gasteiger partial charge in [0.25, 0.3) is 5.91 Å². The Bertz CT molecular complexity index is 885. The topological polar surface area (TPSA) is 49.4 Å². The van der Waals surface area contributed by atoms with Gasteiger partial charge in [-0.15, -0.1) is 0 Å². The van der Waals surface area contributed by atoms with Gasteiger partial charge in [0.15, 0.2) is 5.54 Å². The predicted octanol–water partition coefficient (Wildman–Crippen LogP) is 3.68. The quantitative estimate of drug-likeness (QED) is 0.735. The first-order chi connectivity index (χ1) is 12.7. The van der Waals surface area contributed by atoms with Gasteiger partial charge in [-0.3, -0.25) is 15.0 Å². The van der Waals surface area contributed by atoms with Crippen molar-refractivity contribution >= 4 is 11.9 Å². The Kier molecular flexibility index (Phi) is 4.01. The molecule has 4 heteroatoms. The Hall–Kier alpha value is -3.40. The van der Waals surface area contributed by atoms with Gasteiger partial charge in [-0.25, -0.2) is 4.79 Å². The smallest absolute Gasteiger partial charge is 0.297 e. The van der Waals surface area contributed by atoms with Crippen LogP contribution in [-0.4, -0.2) is 16.8 Å². The van der Waals surface area contributed by atoms with Crippen molar-refractivity contribution in [3.05, 3.63) is 108 Å². The zero-order valence-electron chi connectivity index (χ0n) is 14.1. The average Bonchev–Trinajstić information content (AvgIpc) is 2.94. The molecule has 0 bridgehead atoms. The molecule has 0 aliphatic carbocycles. The number of carbonyl (C=O) groups excluding carboxylic acids is 2. The lowest BCUT2D eigenvalue weighted by Crippen LogP contribution is -2.47. The molecular formula is C22H18N2O2. The summed E-state index contributed by atoms with van der Waals surface area (Å²) >= 11 is 0. The van der Waals surface area contributed by atoms with Crippen LogP contribution in [0.3, 0.4) is 0 Å². The number of amides is 3. The van der Waals surface area contributed by atoms with E-state index in [1.54, 1.807) is 4.90 Å². The van der Waals surface area contributed by atoms with Gasteiger partial charge in [0.1, 0.15) is 0 Å². The second-order valence-electron chi connectivity index (χ2n) is 6.27.